The third kappa shape index (κ3) is 2.80. The minimum Gasteiger partial charge on any atom is -0.489 e. The zero-order valence-corrected chi connectivity index (χ0v) is 10.3. The van der Waals surface area contributed by atoms with E-state index in [9.17, 15) is 4.39 Å². The van der Waals surface area contributed by atoms with E-state index in [-0.39, 0.29) is 12.3 Å². The van der Waals surface area contributed by atoms with E-state index in [1.807, 2.05) is 24.3 Å². The van der Waals surface area contributed by atoms with Crippen LogP contribution in [-0.4, -0.2) is 0 Å². The average molecular weight is 245 g/mol. The van der Waals surface area contributed by atoms with Crippen molar-refractivity contribution in [2.75, 3.05) is 5.73 Å². The lowest BCUT2D eigenvalue weighted by molar-refractivity contribution is 0.300. The Labute approximate surface area is 106 Å². The fraction of sp³-hybridized carbons (Fsp3) is 0.200. The van der Waals surface area contributed by atoms with Crippen LogP contribution in [-0.2, 0) is 13.0 Å². The van der Waals surface area contributed by atoms with Crippen molar-refractivity contribution in [3.05, 3.63) is 59.4 Å². The minimum absolute atomic E-state index is 0.151. The molecule has 0 amide bonds. The molecule has 0 aromatic heterocycles. The van der Waals surface area contributed by atoms with Crippen LogP contribution in [0.25, 0.3) is 0 Å². The van der Waals surface area contributed by atoms with Gasteiger partial charge in [-0.25, -0.2) is 4.39 Å². The molecule has 0 unspecified atom stereocenters. The molecule has 0 heterocycles. The van der Waals surface area contributed by atoms with Gasteiger partial charge in [0.25, 0.3) is 0 Å². The Balaban J connectivity index is 2.09. The van der Waals surface area contributed by atoms with Crippen molar-refractivity contribution in [3.8, 4) is 5.75 Å². The van der Waals surface area contributed by atoms with Gasteiger partial charge in [0, 0.05) is 5.56 Å². The van der Waals surface area contributed by atoms with Gasteiger partial charge in [0.2, 0.25) is 0 Å². The van der Waals surface area contributed by atoms with Crippen molar-refractivity contribution in [2.45, 2.75) is 20.0 Å². The molecule has 2 aromatic rings. The Morgan fingerprint density at radius 1 is 1.17 bits per heavy atom. The molecule has 2 N–H and O–H groups in total. The van der Waals surface area contributed by atoms with Crippen molar-refractivity contribution in [1.82, 2.24) is 0 Å². The monoisotopic (exact) mass is 245 g/mol. The minimum atomic E-state index is -0.399. The van der Waals surface area contributed by atoms with Crippen LogP contribution in [0.4, 0.5) is 10.1 Å². The highest BCUT2D eigenvalue weighted by atomic mass is 19.1. The fourth-order valence-corrected chi connectivity index (χ4v) is 1.73. The van der Waals surface area contributed by atoms with Crippen molar-refractivity contribution in [3.63, 3.8) is 0 Å². The number of hydrogen-bond acceptors (Lipinski definition) is 2. The second-order valence-corrected chi connectivity index (χ2v) is 4.11. The smallest absolute Gasteiger partial charge is 0.152 e. The highest BCUT2D eigenvalue weighted by molar-refractivity contribution is 5.42. The Morgan fingerprint density at radius 2 is 1.94 bits per heavy atom. The van der Waals surface area contributed by atoms with Gasteiger partial charge < -0.3 is 10.5 Å². The molecule has 0 fully saturated rings. The molecule has 0 aliphatic carbocycles. The van der Waals surface area contributed by atoms with E-state index < -0.39 is 5.82 Å². The summed E-state index contributed by atoms with van der Waals surface area (Å²) >= 11 is 0. The zero-order chi connectivity index (χ0) is 13.0. The van der Waals surface area contributed by atoms with Gasteiger partial charge in [-0.3, -0.25) is 0 Å². The van der Waals surface area contributed by atoms with Gasteiger partial charge in [-0.2, -0.15) is 0 Å². The van der Waals surface area contributed by atoms with Crippen molar-refractivity contribution < 1.29 is 9.13 Å². The SMILES string of the molecule is CCc1cccc(OCc2cccc(N)c2F)c1. The molecule has 2 rings (SSSR count). The van der Waals surface area contributed by atoms with Crippen molar-refractivity contribution in [1.29, 1.82) is 0 Å². The summed E-state index contributed by atoms with van der Waals surface area (Å²) < 4.78 is 19.2. The standard InChI is InChI=1S/C15H16FNO/c1-2-11-5-3-7-13(9-11)18-10-12-6-4-8-14(17)15(12)16/h3-9H,2,10,17H2,1H3. The number of anilines is 1. The van der Waals surface area contributed by atoms with E-state index in [0.29, 0.717) is 5.56 Å². The normalized spacial score (nSPS) is 10.3. The largest absolute Gasteiger partial charge is 0.489 e. The highest BCUT2D eigenvalue weighted by Crippen LogP contribution is 2.19. The van der Waals surface area contributed by atoms with Crippen LogP contribution in [0.3, 0.4) is 0 Å². The molecular weight excluding hydrogens is 229 g/mol. The number of halogens is 1. The van der Waals surface area contributed by atoms with E-state index >= 15 is 0 Å². The molecule has 3 heteroatoms. The number of ether oxygens (including phenoxy) is 1. The second-order valence-electron chi connectivity index (χ2n) is 4.11. The molecule has 18 heavy (non-hydrogen) atoms. The maximum atomic E-state index is 13.6. The van der Waals surface area contributed by atoms with Gasteiger partial charge in [-0.15, -0.1) is 0 Å². The summed E-state index contributed by atoms with van der Waals surface area (Å²) in [7, 11) is 0. The molecule has 0 aliphatic rings. The number of nitrogens with two attached hydrogens (primary N) is 1. The Morgan fingerprint density at radius 3 is 2.72 bits per heavy atom. The fourth-order valence-electron chi connectivity index (χ4n) is 1.73. The summed E-state index contributed by atoms with van der Waals surface area (Å²) in [6.07, 6.45) is 0.948. The maximum Gasteiger partial charge on any atom is 0.152 e. The molecular formula is C15H16FNO. The Kier molecular flexibility index (Phi) is 3.82. The molecule has 2 aromatic carbocycles. The third-order valence-electron chi connectivity index (χ3n) is 2.81. The number of benzene rings is 2. The lowest BCUT2D eigenvalue weighted by Crippen LogP contribution is -2.01. The van der Waals surface area contributed by atoms with E-state index in [1.165, 1.54) is 11.6 Å². The first kappa shape index (κ1) is 12.4. The summed E-state index contributed by atoms with van der Waals surface area (Å²) in [6, 6.07) is 12.7. The van der Waals surface area contributed by atoms with Gasteiger partial charge >= 0.3 is 0 Å². The van der Waals surface area contributed by atoms with Gasteiger partial charge in [-0.05, 0) is 30.2 Å². The first-order valence-electron chi connectivity index (χ1n) is 5.95. The summed E-state index contributed by atoms with van der Waals surface area (Å²) in [5, 5.41) is 0. The number of aryl methyl sites for hydroxylation is 1. The van der Waals surface area contributed by atoms with Gasteiger partial charge in [0.1, 0.15) is 12.4 Å². The highest BCUT2D eigenvalue weighted by Gasteiger charge is 2.06. The summed E-state index contributed by atoms with van der Waals surface area (Å²) in [5.41, 5.74) is 7.32. The zero-order valence-electron chi connectivity index (χ0n) is 10.3. The van der Waals surface area contributed by atoms with Crippen LogP contribution >= 0.6 is 0 Å². The number of hydrogen-bond donors (Lipinski definition) is 1. The predicted molar refractivity (Wildman–Crippen MR) is 71.0 cm³/mol. The average Bonchev–Trinajstić information content (AvgIpc) is 2.41. The summed E-state index contributed by atoms with van der Waals surface area (Å²) in [4.78, 5) is 0. The quantitative estimate of drug-likeness (QED) is 0.836. The van der Waals surface area contributed by atoms with Gasteiger partial charge in [-0.1, -0.05) is 31.2 Å². The van der Waals surface area contributed by atoms with E-state index in [0.717, 1.165) is 12.2 Å². The maximum absolute atomic E-state index is 13.6. The lowest BCUT2D eigenvalue weighted by atomic mass is 10.1. The molecule has 94 valence electrons. The van der Waals surface area contributed by atoms with Crippen LogP contribution in [0.5, 0.6) is 5.75 Å². The van der Waals surface area contributed by atoms with Crippen LogP contribution in [0, 0.1) is 5.82 Å². The van der Waals surface area contributed by atoms with Crippen molar-refractivity contribution >= 4 is 5.69 Å². The molecule has 0 atom stereocenters. The number of nitrogen functional groups attached to an aromatic ring is 1. The third-order valence-corrected chi connectivity index (χ3v) is 2.81. The Hall–Kier alpha value is -2.03. The lowest BCUT2D eigenvalue weighted by Gasteiger charge is -2.09. The van der Waals surface area contributed by atoms with Crippen LogP contribution in [0.1, 0.15) is 18.1 Å². The van der Waals surface area contributed by atoms with E-state index in [2.05, 4.69) is 6.92 Å². The molecule has 0 aliphatic heterocycles. The van der Waals surface area contributed by atoms with Crippen molar-refractivity contribution in [2.24, 2.45) is 0 Å². The molecule has 0 saturated carbocycles. The molecule has 2 nitrogen and oxygen atoms in total. The topological polar surface area (TPSA) is 35.2 Å². The molecule has 0 saturated heterocycles. The van der Waals surface area contributed by atoms with E-state index in [4.69, 9.17) is 10.5 Å². The van der Waals surface area contributed by atoms with Crippen LogP contribution in [0.15, 0.2) is 42.5 Å². The van der Waals surface area contributed by atoms with E-state index in [1.54, 1.807) is 12.1 Å². The molecule has 0 radical (unpaired) electrons. The van der Waals surface area contributed by atoms with Crippen LogP contribution < -0.4 is 10.5 Å². The Bertz CT molecular complexity index is 540. The first-order valence-corrected chi connectivity index (χ1v) is 5.95. The predicted octanol–water partition coefficient (Wildman–Crippen LogP) is 3.55. The van der Waals surface area contributed by atoms with Gasteiger partial charge in [0.05, 0.1) is 5.69 Å². The first-order chi connectivity index (χ1) is 8.70. The van der Waals surface area contributed by atoms with Gasteiger partial charge in [0.15, 0.2) is 5.82 Å². The van der Waals surface area contributed by atoms with Crippen LogP contribution in [0.2, 0.25) is 0 Å². The number of rotatable bonds is 4. The summed E-state index contributed by atoms with van der Waals surface area (Å²) in [5.74, 6) is 0.348. The summed E-state index contributed by atoms with van der Waals surface area (Å²) in [6.45, 7) is 2.26. The molecule has 0 bridgehead atoms. The second kappa shape index (κ2) is 5.54. The molecule has 0 spiro atoms.